The van der Waals surface area contributed by atoms with Crippen molar-refractivity contribution in [3.8, 4) is 80.1 Å². The zero-order valence-corrected chi connectivity index (χ0v) is 73.6. The molecule has 2 fully saturated rings. The van der Waals surface area contributed by atoms with Gasteiger partial charge in [0.1, 0.15) is 137 Å². The van der Waals surface area contributed by atoms with E-state index in [-0.39, 0.29) is 59.9 Å². The van der Waals surface area contributed by atoms with Gasteiger partial charge in [-0.05, 0) is 172 Å². The molecule has 41 heteroatoms. The molecule has 0 aromatic heterocycles. The van der Waals surface area contributed by atoms with Crippen molar-refractivity contribution in [1.82, 2.24) is 52.8 Å². The fraction of sp³-hybridized carbons (Fsp3) is 0.451. The molecule has 132 heavy (non-hydrogen) atoms. The van der Waals surface area contributed by atoms with Gasteiger partial charge < -0.3 is 159 Å². The maximum absolute atomic E-state index is 16.9. The second-order valence-electron chi connectivity index (χ2n) is 33.2. The van der Waals surface area contributed by atoms with Crippen molar-refractivity contribution in [3.05, 3.63) is 164 Å². The van der Waals surface area contributed by atoms with E-state index in [4.69, 9.17) is 67.8 Å². The summed E-state index contributed by atoms with van der Waals surface area (Å²) in [7, 11) is 1.44. The van der Waals surface area contributed by atoms with Gasteiger partial charge in [0.15, 0.2) is 23.0 Å². The number of likely N-dealkylation sites (N-methyl/N-ethyl adjacent to an activating group) is 1. The number of phenols is 4. The molecule has 8 aliphatic heterocycles. The molecular weight excluding hydrogens is 1760 g/mol. The Labute approximate surface area is 767 Å². The van der Waals surface area contributed by atoms with Gasteiger partial charge >= 0.3 is 0 Å². The number of nitrogens with zero attached hydrogens (tertiary/aromatic N) is 1. The first kappa shape index (κ1) is 98.0. The lowest BCUT2D eigenvalue weighted by Gasteiger charge is -2.42. The molecule has 0 radical (unpaired) electrons. The summed E-state index contributed by atoms with van der Waals surface area (Å²) in [5.74, 6) is -15.5. The molecule has 18 atom stereocenters. The number of aliphatic hydroxyl groups excluding tert-OH is 8. The van der Waals surface area contributed by atoms with Crippen LogP contribution in [-0.4, -0.2) is 246 Å². The molecule has 7 aromatic carbocycles. The number of carbonyl (C=O) groups excluding carboxylic acids is 8. The Morgan fingerprint density at radius 2 is 1.13 bits per heavy atom. The van der Waals surface area contributed by atoms with Crippen LogP contribution in [0.2, 0.25) is 10.0 Å². The maximum atomic E-state index is 16.9. The average molecular weight is 1870 g/mol. The van der Waals surface area contributed by atoms with Crippen LogP contribution < -0.4 is 83.0 Å². The van der Waals surface area contributed by atoms with Crippen LogP contribution in [0, 0.1) is 0 Å². The van der Waals surface area contributed by atoms with Gasteiger partial charge in [0, 0.05) is 48.2 Å². The molecule has 15 rings (SSSR count). The third-order valence-corrected chi connectivity index (χ3v) is 24.5. The predicted molar refractivity (Wildman–Crippen MR) is 472 cm³/mol. The Morgan fingerprint density at radius 3 is 1.81 bits per heavy atom. The third-order valence-electron chi connectivity index (χ3n) is 23.8. The summed E-state index contributed by atoms with van der Waals surface area (Å²) in [4.78, 5) is 128. The first-order valence-electron chi connectivity index (χ1n) is 43.7. The molecule has 8 aliphatic rings. The molecular formula is C91H110Cl2N12O27. The molecule has 39 nitrogen and oxygen atoms in total. The number of hydrogen-bond acceptors (Lipinski definition) is 31. The number of fused-ring (bicyclic) bond motifs is 14. The van der Waals surface area contributed by atoms with Crippen molar-refractivity contribution in [2.24, 2.45) is 11.5 Å². The number of hydrogen-bond donors (Lipinski definition) is 23. The average Bonchev–Trinajstić information content (AvgIpc) is 0.827. The zero-order valence-electron chi connectivity index (χ0n) is 72.1. The van der Waals surface area contributed by atoms with Crippen molar-refractivity contribution in [3.63, 3.8) is 0 Å². The van der Waals surface area contributed by atoms with Gasteiger partial charge in [-0.15, -0.1) is 0 Å². The quantitative estimate of drug-likeness (QED) is 0.0313. The van der Waals surface area contributed by atoms with E-state index < -0.39 is 260 Å². The van der Waals surface area contributed by atoms with E-state index in [9.17, 15) is 70.9 Å². The molecule has 8 amide bonds. The van der Waals surface area contributed by atoms with Gasteiger partial charge in [0.25, 0.3) is 0 Å². The molecule has 0 aliphatic carbocycles. The fourth-order valence-electron chi connectivity index (χ4n) is 16.7. The van der Waals surface area contributed by atoms with Gasteiger partial charge in [0.2, 0.25) is 65.6 Å². The standard InChI is InChI=1S/C91H110Cl2N12O27/c1-3-4-5-6-7-8-9-10-14-66(112)99-75-79(116)77(114)64(41-106)130-90(75)132-82-62-35-47-36-63(82)128-59-24-19-46(33-54(59)92)76(113)74-89(125)103-72(84(120)97-27-13-30-105(28-11-25-94)29-12-26-95)52-37-48(108)38-61(129-91-81(118)80(117)78(115)65(42-107)131-91)67(52)51-32-44(17-22-56(51)109)70(86(122)104-74)100-87(123)71(47)101-88(124)73-53-39-50(40-58(111)68(53)93)127-60-34-45(18-23-57(60)110)69(96-2)85(121)98-55(83(119)102-73)31-43-15-20-49(126-62)21-16-43/h15-24,32-40,55,64-65,69-81,90-91,96,106-111,113-118H,3-14,25-31,41-42,94-95H2,1-2H3,(H,97,120)(H,98,121)(H,99,112)(H,100,123)(H,101,124)(H,102,119)(H,103,125)(H,104,122)/t55-,64-,65-,69-,70-,71-,72-,73+,74+,75-,76-,77-,78-,79-,80+,81+,90+,91+/m1/s1. The molecule has 0 unspecified atom stereocenters. The lowest BCUT2D eigenvalue weighted by molar-refractivity contribution is -0.277. The highest BCUT2D eigenvalue weighted by Gasteiger charge is 2.50. The monoisotopic (exact) mass is 1870 g/mol. The molecule has 17 bridgehead atoms. The van der Waals surface area contributed by atoms with Gasteiger partial charge in [0.05, 0.1) is 23.3 Å². The maximum Gasteiger partial charge on any atom is 0.248 e. The Morgan fingerprint density at radius 1 is 0.523 bits per heavy atom. The van der Waals surface area contributed by atoms with Crippen molar-refractivity contribution >= 4 is 70.5 Å². The second kappa shape index (κ2) is 44.4. The van der Waals surface area contributed by atoms with Crippen LogP contribution in [0.3, 0.4) is 0 Å². The number of amides is 8. The molecule has 710 valence electrons. The van der Waals surface area contributed by atoms with E-state index in [2.05, 4.69) is 59.7 Å². The Kier molecular flexibility index (Phi) is 33.0. The van der Waals surface area contributed by atoms with E-state index in [1.807, 2.05) is 0 Å². The Balaban J connectivity index is 1.03. The van der Waals surface area contributed by atoms with E-state index in [1.54, 1.807) is 0 Å². The normalized spacial score (nSPS) is 25.4. The number of rotatable bonds is 28. The van der Waals surface area contributed by atoms with E-state index in [1.165, 1.54) is 61.6 Å². The summed E-state index contributed by atoms with van der Waals surface area (Å²) in [6.45, 7) is 2.33. The van der Waals surface area contributed by atoms with E-state index >= 15 is 28.8 Å². The summed E-state index contributed by atoms with van der Waals surface area (Å²) in [5, 5.41) is 163. The summed E-state index contributed by atoms with van der Waals surface area (Å²) in [5.41, 5.74) is 9.26. The molecule has 25 N–H and O–H groups in total. The first-order valence-corrected chi connectivity index (χ1v) is 44.5. The molecule has 0 spiro atoms. The van der Waals surface area contributed by atoms with Crippen molar-refractivity contribution in [2.75, 3.05) is 59.5 Å². The largest absolute Gasteiger partial charge is 0.508 e. The van der Waals surface area contributed by atoms with Crippen LogP contribution in [0.15, 0.2) is 115 Å². The lowest BCUT2D eigenvalue weighted by Crippen LogP contribution is -2.65. The number of nitrogens with one attached hydrogen (secondary N) is 9. The summed E-state index contributed by atoms with van der Waals surface area (Å²) in [6, 6.07) is 6.48. The minimum Gasteiger partial charge on any atom is -0.508 e. The zero-order chi connectivity index (χ0) is 94.5. The first-order chi connectivity index (χ1) is 63.4. The van der Waals surface area contributed by atoms with Crippen LogP contribution in [0.4, 0.5) is 0 Å². The van der Waals surface area contributed by atoms with Crippen LogP contribution >= 0.6 is 23.2 Å². The van der Waals surface area contributed by atoms with Gasteiger partial charge in [-0.1, -0.05) is 105 Å². The number of unbranched alkanes of at least 4 members (excludes halogenated alkanes) is 7. The van der Waals surface area contributed by atoms with Crippen LogP contribution in [0.25, 0.3) is 11.1 Å². The number of nitrogens with two attached hydrogens (primary N) is 2. The second-order valence-corrected chi connectivity index (χ2v) is 33.9. The minimum atomic E-state index is -2.41. The van der Waals surface area contributed by atoms with Crippen LogP contribution in [-0.2, 0) is 54.3 Å². The number of aromatic hydroxyl groups is 4. The molecule has 2 saturated heterocycles. The highest BCUT2D eigenvalue weighted by atomic mass is 35.5. The SMILES string of the molecule is CCCCCCCCCCC(=O)N[C@H]1[C@H](Oc2c3cc4cc2Oc2ccc(cc2Cl)[C@@H](O)[C@@H]2NC(=O)[C@H](NC(=O)[C@@H]4NC(=O)[C@H]4NC(=O)[C@@H](Cc5ccc(cc5)O3)NC(=O)[C@H](NC)c3ccc(O)c(c3)Oc3cc(O)c(Cl)c4c3)c3ccc(O)c(c3)-c3c(O[C@H]4O[C@H](CO)[C@@H](O)[C@H](O)[C@@H]4O)cc(O)cc3[C@H](C(=O)NCCCN(CCCN)CCCN)NC2=O)O[C@H](CO)[C@@H](O)[C@@H]1O. The molecule has 7 aromatic rings. The number of aliphatic hydroxyl groups is 8. The Bertz CT molecular complexity index is 5330. The topological polar surface area (TPSA) is 607 Å². The highest BCUT2D eigenvalue weighted by Crippen LogP contribution is 2.51. The van der Waals surface area contributed by atoms with E-state index in [0.717, 1.165) is 99.2 Å². The van der Waals surface area contributed by atoms with Crippen molar-refractivity contribution in [1.29, 1.82) is 0 Å². The van der Waals surface area contributed by atoms with Crippen LogP contribution in [0.1, 0.15) is 159 Å². The third kappa shape index (κ3) is 22.7. The van der Waals surface area contributed by atoms with Crippen LogP contribution in [0.5, 0.6) is 69.0 Å². The fourth-order valence-corrected chi connectivity index (χ4v) is 17.1. The van der Waals surface area contributed by atoms with Crippen molar-refractivity contribution < 1.29 is 133 Å². The van der Waals surface area contributed by atoms with Gasteiger partial charge in [-0.2, -0.15) is 0 Å². The number of halogens is 2. The summed E-state index contributed by atoms with van der Waals surface area (Å²) >= 11 is 14.4. The van der Waals surface area contributed by atoms with E-state index in [0.29, 0.717) is 64.0 Å². The predicted octanol–water partition coefficient (Wildman–Crippen LogP) is 3.27. The number of carbonyl (C=O) groups is 8. The van der Waals surface area contributed by atoms with Crippen molar-refractivity contribution in [2.45, 2.75) is 200 Å². The lowest BCUT2D eigenvalue weighted by atomic mass is 9.89. The minimum absolute atomic E-state index is 0.0778. The summed E-state index contributed by atoms with van der Waals surface area (Å²) < 4.78 is 45.1. The summed E-state index contributed by atoms with van der Waals surface area (Å²) in [6.07, 6.45) is -11.7. The number of ether oxygens (including phenoxy) is 7. The Hall–Kier alpha value is -11.5. The van der Waals surface area contributed by atoms with Gasteiger partial charge in [-0.25, -0.2) is 0 Å². The number of phenolic OH excluding ortho intramolecular Hbond substituents is 4. The van der Waals surface area contributed by atoms with Gasteiger partial charge in [-0.3, -0.25) is 38.4 Å². The highest BCUT2D eigenvalue weighted by molar-refractivity contribution is 6.33. The smallest absolute Gasteiger partial charge is 0.248 e. The molecule has 8 heterocycles. The molecule has 0 saturated carbocycles. The number of benzene rings is 7.